The molecule has 0 radical (unpaired) electrons. The number of rotatable bonds is 10. The van der Waals surface area contributed by atoms with E-state index in [0.717, 1.165) is 19.3 Å². The molecule has 0 aliphatic carbocycles. The van der Waals surface area contributed by atoms with Crippen molar-refractivity contribution < 1.29 is 19.1 Å². The smallest absolute Gasteiger partial charge is 0.323 e. The van der Waals surface area contributed by atoms with E-state index in [4.69, 9.17) is 9.47 Å². The summed E-state index contributed by atoms with van der Waals surface area (Å²) in [6, 6.07) is 0. The van der Waals surface area contributed by atoms with E-state index in [2.05, 4.69) is 6.92 Å². The van der Waals surface area contributed by atoms with Crippen molar-refractivity contribution in [3.8, 4) is 0 Å². The lowest BCUT2D eigenvalue weighted by atomic mass is 9.82. The van der Waals surface area contributed by atoms with Gasteiger partial charge >= 0.3 is 11.9 Å². The maximum absolute atomic E-state index is 12.3. The van der Waals surface area contributed by atoms with Crippen molar-refractivity contribution >= 4 is 11.9 Å². The maximum Gasteiger partial charge on any atom is 0.323 e. The third kappa shape index (κ3) is 5.51. The summed E-state index contributed by atoms with van der Waals surface area (Å²) in [6.07, 6.45) is 3.75. The van der Waals surface area contributed by atoms with E-state index >= 15 is 0 Å². The second-order valence-corrected chi connectivity index (χ2v) is 5.62. The largest absolute Gasteiger partial charge is 0.465 e. The Balaban J connectivity index is 4.63. The van der Waals surface area contributed by atoms with Gasteiger partial charge in [-0.25, -0.2) is 0 Å². The lowest BCUT2D eigenvalue weighted by Gasteiger charge is -2.27. The van der Waals surface area contributed by atoms with E-state index in [1.54, 1.807) is 0 Å². The van der Waals surface area contributed by atoms with Gasteiger partial charge < -0.3 is 9.47 Å². The summed E-state index contributed by atoms with van der Waals surface area (Å²) in [5.74, 6) is -0.630. The molecule has 0 saturated carbocycles. The number of hydrogen-bond donors (Lipinski definition) is 0. The summed E-state index contributed by atoms with van der Waals surface area (Å²) >= 11 is 0. The molecule has 0 aliphatic heterocycles. The fourth-order valence-corrected chi connectivity index (χ4v) is 1.95. The number of carbonyl (C=O) groups is 2. The number of esters is 2. The molecule has 20 heavy (non-hydrogen) atoms. The van der Waals surface area contributed by atoms with E-state index in [9.17, 15) is 9.59 Å². The zero-order valence-corrected chi connectivity index (χ0v) is 13.7. The minimum absolute atomic E-state index is 0.255. The van der Waals surface area contributed by atoms with Gasteiger partial charge in [-0.15, -0.1) is 0 Å². The summed E-state index contributed by atoms with van der Waals surface area (Å²) in [5.41, 5.74) is -1.14. The summed E-state index contributed by atoms with van der Waals surface area (Å²) in [7, 11) is 0. The molecule has 0 spiro atoms. The van der Waals surface area contributed by atoms with E-state index in [1.165, 1.54) is 0 Å². The molecule has 0 N–H and O–H groups in total. The van der Waals surface area contributed by atoms with Gasteiger partial charge in [-0.05, 0) is 25.2 Å². The third-order valence-electron chi connectivity index (χ3n) is 3.52. The van der Waals surface area contributed by atoms with Crippen LogP contribution in [0.5, 0.6) is 0 Å². The van der Waals surface area contributed by atoms with Crippen LogP contribution < -0.4 is 0 Å². The molecule has 0 rings (SSSR count). The summed E-state index contributed by atoms with van der Waals surface area (Å²) in [4.78, 5) is 24.5. The van der Waals surface area contributed by atoms with Crippen molar-refractivity contribution in [3.63, 3.8) is 0 Å². The van der Waals surface area contributed by atoms with Crippen LogP contribution in [-0.4, -0.2) is 25.2 Å². The van der Waals surface area contributed by atoms with Crippen LogP contribution in [0.1, 0.15) is 66.7 Å². The zero-order chi connectivity index (χ0) is 15.6. The van der Waals surface area contributed by atoms with E-state index in [0.29, 0.717) is 26.1 Å². The van der Waals surface area contributed by atoms with Crippen LogP contribution >= 0.6 is 0 Å². The molecule has 0 fully saturated rings. The first-order valence-corrected chi connectivity index (χ1v) is 7.79. The van der Waals surface area contributed by atoms with Crippen molar-refractivity contribution in [3.05, 3.63) is 0 Å². The molecule has 0 aromatic rings. The average molecular weight is 286 g/mol. The topological polar surface area (TPSA) is 52.6 Å². The predicted molar refractivity (Wildman–Crippen MR) is 79.3 cm³/mol. The molecular formula is C16H30O4. The van der Waals surface area contributed by atoms with Gasteiger partial charge in [-0.1, -0.05) is 47.5 Å². The van der Waals surface area contributed by atoms with E-state index in [-0.39, 0.29) is 5.92 Å². The molecule has 0 saturated heterocycles. The van der Waals surface area contributed by atoms with Crippen LogP contribution in [0, 0.1) is 11.3 Å². The first kappa shape index (κ1) is 18.9. The number of hydrogen-bond acceptors (Lipinski definition) is 4. The van der Waals surface area contributed by atoms with Crippen LogP contribution in [0.15, 0.2) is 0 Å². The Kier molecular flexibility index (Phi) is 9.26. The molecule has 4 nitrogen and oxygen atoms in total. The molecular weight excluding hydrogens is 256 g/mol. The highest BCUT2D eigenvalue weighted by atomic mass is 16.6. The average Bonchev–Trinajstić information content (AvgIpc) is 2.43. The third-order valence-corrected chi connectivity index (χ3v) is 3.52. The Hall–Kier alpha value is -1.06. The van der Waals surface area contributed by atoms with Gasteiger partial charge in [0.15, 0.2) is 5.41 Å². The lowest BCUT2D eigenvalue weighted by molar-refractivity contribution is -0.174. The first-order valence-electron chi connectivity index (χ1n) is 7.79. The van der Waals surface area contributed by atoms with Crippen molar-refractivity contribution in [2.45, 2.75) is 66.7 Å². The minimum atomic E-state index is -1.14. The van der Waals surface area contributed by atoms with Gasteiger partial charge in [0.1, 0.15) is 0 Å². The normalized spacial score (nSPS) is 11.5. The second kappa shape index (κ2) is 9.78. The second-order valence-electron chi connectivity index (χ2n) is 5.62. The van der Waals surface area contributed by atoms with Crippen molar-refractivity contribution in [2.24, 2.45) is 11.3 Å². The van der Waals surface area contributed by atoms with Crippen LogP contribution in [0.2, 0.25) is 0 Å². The number of unbranched alkanes of at least 4 members (excludes halogenated alkanes) is 2. The Morgan fingerprint density at radius 3 is 1.95 bits per heavy atom. The SMILES string of the molecule is CCCCCOC(=O)C(CC)(CC)C(=O)OCC(C)C. The number of carbonyl (C=O) groups excluding carboxylic acids is 2. The Morgan fingerprint density at radius 1 is 0.950 bits per heavy atom. The molecule has 0 aliphatic rings. The van der Waals surface area contributed by atoms with E-state index in [1.807, 2.05) is 27.7 Å². The summed E-state index contributed by atoms with van der Waals surface area (Å²) in [5, 5.41) is 0. The summed E-state index contributed by atoms with van der Waals surface area (Å²) < 4.78 is 10.5. The predicted octanol–water partition coefficient (Wildman–Crippen LogP) is 3.73. The van der Waals surface area contributed by atoms with Crippen LogP contribution in [-0.2, 0) is 19.1 Å². The Labute approximate surface area is 123 Å². The Morgan fingerprint density at radius 2 is 1.50 bits per heavy atom. The molecule has 4 heteroatoms. The Bertz CT molecular complexity index is 293. The first-order chi connectivity index (χ1) is 9.44. The van der Waals surface area contributed by atoms with Gasteiger partial charge in [0.05, 0.1) is 13.2 Å². The van der Waals surface area contributed by atoms with Crippen LogP contribution in [0.3, 0.4) is 0 Å². The highest BCUT2D eigenvalue weighted by Crippen LogP contribution is 2.30. The fraction of sp³-hybridized carbons (Fsp3) is 0.875. The highest BCUT2D eigenvalue weighted by molar-refractivity contribution is 5.99. The molecule has 0 atom stereocenters. The quantitative estimate of drug-likeness (QED) is 0.349. The van der Waals surface area contributed by atoms with Crippen molar-refractivity contribution in [1.29, 1.82) is 0 Å². The lowest BCUT2D eigenvalue weighted by Crippen LogP contribution is -2.41. The van der Waals surface area contributed by atoms with E-state index < -0.39 is 17.4 Å². The fourth-order valence-electron chi connectivity index (χ4n) is 1.95. The van der Waals surface area contributed by atoms with Gasteiger partial charge in [-0.3, -0.25) is 9.59 Å². The molecule has 0 bridgehead atoms. The molecule has 0 heterocycles. The van der Waals surface area contributed by atoms with Crippen LogP contribution in [0.25, 0.3) is 0 Å². The monoisotopic (exact) mass is 286 g/mol. The summed E-state index contributed by atoms with van der Waals surface area (Å²) in [6.45, 7) is 10.4. The van der Waals surface area contributed by atoms with Gasteiger partial charge in [0.2, 0.25) is 0 Å². The maximum atomic E-state index is 12.3. The zero-order valence-electron chi connectivity index (χ0n) is 13.7. The van der Waals surface area contributed by atoms with Gasteiger partial charge in [0, 0.05) is 0 Å². The highest BCUT2D eigenvalue weighted by Gasteiger charge is 2.45. The molecule has 0 aromatic carbocycles. The van der Waals surface area contributed by atoms with Crippen molar-refractivity contribution in [1.82, 2.24) is 0 Å². The van der Waals surface area contributed by atoms with Crippen molar-refractivity contribution in [2.75, 3.05) is 13.2 Å². The molecule has 0 aromatic heterocycles. The molecule has 0 unspecified atom stereocenters. The molecule has 118 valence electrons. The van der Waals surface area contributed by atoms with Gasteiger partial charge in [0.25, 0.3) is 0 Å². The molecule has 0 amide bonds. The standard InChI is InChI=1S/C16H30O4/c1-6-9-10-11-19-14(17)16(7-2,8-3)15(18)20-12-13(4)5/h13H,6-12H2,1-5H3. The van der Waals surface area contributed by atoms with Gasteiger partial charge in [-0.2, -0.15) is 0 Å². The minimum Gasteiger partial charge on any atom is -0.465 e. The number of ether oxygens (including phenoxy) is 2. The van der Waals surface area contributed by atoms with Crippen LogP contribution in [0.4, 0.5) is 0 Å².